The van der Waals surface area contributed by atoms with E-state index in [1.54, 1.807) is 6.92 Å². The van der Waals surface area contributed by atoms with Gasteiger partial charge in [-0.1, -0.05) is 13.8 Å². The minimum atomic E-state index is 0.224. The summed E-state index contributed by atoms with van der Waals surface area (Å²) in [6, 6.07) is 2.18. The normalized spacial score (nSPS) is 30.8. The van der Waals surface area contributed by atoms with E-state index in [-0.39, 0.29) is 11.2 Å². The van der Waals surface area contributed by atoms with Crippen LogP contribution in [0, 0.1) is 28.6 Å². The van der Waals surface area contributed by atoms with E-state index in [0.29, 0.717) is 24.7 Å². The summed E-state index contributed by atoms with van der Waals surface area (Å²) in [6.07, 6.45) is 1.25. The lowest BCUT2D eigenvalue weighted by Crippen LogP contribution is -1.96. The van der Waals surface area contributed by atoms with Crippen LogP contribution in [-0.2, 0) is 4.79 Å². The predicted octanol–water partition coefficient (Wildman–Crippen LogP) is 2.15. The zero-order chi connectivity index (χ0) is 9.35. The highest BCUT2D eigenvalue weighted by Gasteiger charge is 2.56. The van der Waals surface area contributed by atoms with Gasteiger partial charge < -0.3 is 4.79 Å². The molecule has 1 aliphatic carbocycles. The third-order valence-electron chi connectivity index (χ3n) is 3.11. The van der Waals surface area contributed by atoms with E-state index >= 15 is 0 Å². The number of rotatable bonds is 3. The van der Waals surface area contributed by atoms with Gasteiger partial charge in [0.1, 0.15) is 5.78 Å². The molecule has 2 heteroatoms. The molecule has 0 aromatic heterocycles. The summed E-state index contributed by atoms with van der Waals surface area (Å²) in [5.74, 6) is 1.15. The van der Waals surface area contributed by atoms with Crippen molar-refractivity contribution in [1.82, 2.24) is 0 Å². The lowest BCUT2D eigenvalue weighted by atomic mass is 10.1. The number of nitrogens with zero attached hydrogens (tertiary/aromatic N) is 1. The second-order valence-corrected chi connectivity index (χ2v) is 4.30. The number of carbonyl (C=O) groups excluding carboxylic acids is 1. The molecule has 0 aromatic rings. The molecule has 0 radical (unpaired) electrons. The smallest absolute Gasteiger partial charge is 0.130 e. The number of hydrogen-bond donors (Lipinski definition) is 0. The van der Waals surface area contributed by atoms with Crippen LogP contribution in [0.2, 0.25) is 0 Å². The van der Waals surface area contributed by atoms with Gasteiger partial charge in [-0.2, -0.15) is 5.26 Å². The maximum absolute atomic E-state index is 10.8. The van der Waals surface area contributed by atoms with Gasteiger partial charge in [-0.05, 0) is 24.2 Å². The Morgan fingerprint density at radius 2 is 2.08 bits per heavy atom. The van der Waals surface area contributed by atoms with Crippen molar-refractivity contribution in [3.8, 4) is 6.07 Å². The molecule has 0 heterocycles. The first-order chi connectivity index (χ1) is 5.50. The molecule has 1 fully saturated rings. The fraction of sp³-hybridized carbons (Fsp3) is 0.800. The van der Waals surface area contributed by atoms with Crippen LogP contribution in [0.1, 0.15) is 33.6 Å². The van der Waals surface area contributed by atoms with E-state index < -0.39 is 0 Å². The second-order valence-electron chi connectivity index (χ2n) is 4.30. The minimum absolute atomic E-state index is 0.224. The molecule has 66 valence electrons. The molecule has 0 saturated heterocycles. The van der Waals surface area contributed by atoms with Gasteiger partial charge in [0.05, 0.1) is 6.07 Å². The fourth-order valence-corrected chi connectivity index (χ4v) is 2.08. The Labute approximate surface area is 73.6 Å². The zero-order valence-electron chi connectivity index (χ0n) is 7.92. The van der Waals surface area contributed by atoms with Crippen LogP contribution in [-0.4, -0.2) is 5.78 Å². The van der Waals surface area contributed by atoms with Gasteiger partial charge in [-0.25, -0.2) is 0 Å². The van der Waals surface area contributed by atoms with Crippen molar-refractivity contribution in [2.75, 3.05) is 0 Å². The van der Waals surface area contributed by atoms with Gasteiger partial charge >= 0.3 is 0 Å². The summed E-state index contributed by atoms with van der Waals surface area (Å²) in [5, 5.41) is 8.53. The monoisotopic (exact) mass is 165 g/mol. The summed E-state index contributed by atoms with van der Waals surface area (Å²) < 4.78 is 0. The molecule has 1 aliphatic rings. The van der Waals surface area contributed by atoms with E-state index in [0.717, 1.165) is 0 Å². The molecule has 0 N–H and O–H groups in total. The lowest BCUT2D eigenvalue weighted by molar-refractivity contribution is -0.117. The van der Waals surface area contributed by atoms with E-state index in [1.165, 1.54) is 0 Å². The predicted molar refractivity (Wildman–Crippen MR) is 46.3 cm³/mol. The summed E-state index contributed by atoms with van der Waals surface area (Å²) in [5.41, 5.74) is 0.224. The molecule has 0 spiro atoms. The van der Waals surface area contributed by atoms with Crippen LogP contribution in [0.15, 0.2) is 0 Å². The molecule has 1 rings (SSSR count). The van der Waals surface area contributed by atoms with Crippen LogP contribution in [0.4, 0.5) is 0 Å². The van der Waals surface area contributed by atoms with Gasteiger partial charge in [-0.15, -0.1) is 0 Å². The molecule has 0 aliphatic heterocycles. The van der Waals surface area contributed by atoms with E-state index in [9.17, 15) is 4.79 Å². The second kappa shape index (κ2) is 2.90. The first-order valence-electron chi connectivity index (χ1n) is 4.36. The molecule has 12 heavy (non-hydrogen) atoms. The number of carbonyl (C=O) groups is 1. The Morgan fingerprint density at radius 3 is 2.50 bits per heavy atom. The van der Waals surface area contributed by atoms with E-state index in [1.807, 2.05) is 0 Å². The van der Waals surface area contributed by atoms with Gasteiger partial charge in [0.25, 0.3) is 0 Å². The lowest BCUT2D eigenvalue weighted by Gasteiger charge is -1.98. The maximum Gasteiger partial charge on any atom is 0.130 e. The van der Waals surface area contributed by atoms with Crippen LogP contribution in [0.25, 0.3) is 0 Å². The first kappa shape index (κ1) is 9.25. The summed E-state index contributed by atoms with van der Waals surface area (Å²) in [6.45, 7) is 5.91. The van der Waals surface area contributed by atoms with Gasteiger partial charge in [0, 0.05) is 12.8 Å². The summed E-state index contributed by atoms with van der Waals surface area (Å²) in [7, 11) is 0. The topological polar surface area (TPSA) is 40.9 Å². The SMILES string of the molecule is CC(=O)C[C@H]1[C@H](CC#N)C1(C)C. The Hall–Kier alpha value is -0.840. The maximum atomic E-state index is 10.8. The van der Waals surface area contributed by atoms with Gasteiger partial charge in [-0.3, -0.25) is 0 Å². The molecule has 2 atom stereocenters. The summed E-state index contributed by atoms with van der Waals surface area (Å²) in [4.78, 5) is 10.8. The molecular weight excluding hydrogens is 150 g/mol. The molecule has 0 aromatic carbocycles. The van der Waals surface area contributed by atoms with Crippen LogP contribution in [0.5, 0.6) is 0 Å². The van der Waals surface area contributed by atoms with Crippen molar-refractivity contribution in [2.24, 2.45) is 17.3 Å². The number of ketones is 1. The van der Waals surface area contributed by atoms with Crippen molar-refractivity contribution in [1.29, 1.82) is 5.26 Å². The third kappa shape index (κ3) is 1.50. The fourth-order valence-electron chi connectivity index (χ4n) is 2.08. The molecular formula is C10H15NO. The van der Waals surface area contributed by atoms with Gasteiger partial charge in [0.15, 0.2) is 0 Å². The highest BCUT2D eigenvalue weighted by atomic mass is 16.1. The van der Waals surface area contributed by atoms with Crippen molar-refractivity contribution < 1.29 is 4.79 Å². The van der Waals surface area contributed by atoms with Crippen LogP contribution >= 0.6 is 0 Å². The van der Waals surface area contributed by atoms with Gasteiger partial charge in [0.2, 0.25) is 0 Å². The van der Waals surface area contributed by atoms with Crippen LogP contribution in [0.3, 0.4) is 0 Å². The summed E-state index contributed by atoms with van der Waals surface area (Å²) >= 11 is 0. The van der Waals surface area contributed by atoms with Crippen molar-refractivity contribution in [3.63, 3.8) is 0 Å². The molecule has 0 amide bonds. The van der Waals surface area contributed by atoms with E-state index in [2.05, 4.69) is 19.9 Å². The van der Waals surface area contributed by atoms with Crippen molar-refractivity contribution in [3.05, 3.63) is 0 Å². The Morgan fingerprint density at radius 1 is 1.50 bits per heavy atom. The number of nitriles is 1. The standard InChI is InChI=1S/C10H15NO/c1-7(12)6-9-8(4-5-11)10(9,2)3/h8-9H,4,6H2,1-3H3/t8-,9-/m0/s1. The quantitative estimate of drug-likeness (QED) is 0.643. The Balaban J connectivity index is 2.49. The first-order valence-corrected chi connectivity index (χ1v) is 4.36. The third-order valence-corrected chi connectivity index (χ3v) is 3.11. The Kier molecular flexibility index (Phi) is 2.23. The number of hydrogen-bond acceptors (Lipinski definition) is 2. The molecule has 0 unspecified atom stereocenters. The van der Waals surface area contributed by atoms with Crippen molar-refractivity contribution in [2.45, 2.75) is 33.6 Å². The molecule has 2 nitrogen and oxygen atoms in total. The zero-order valence-corrected chi connectivity index (χ0v) is 7.92. The number of Topliss-reactive ketones (excluding diaryl/α,β-unsaturated/α-hetero) is 1. The minimum Gasteiger partial charge on any atom is -0.300 e. The average molecular weight is 165 g/mol. The van der Waals surface area contributed by atoms with Crippen LogP contribution < -0.4 is 0 Å². The Bertz CT molecular complexity index is 237. The molecule has 0 bridgehead atoms. The molecule has 1 saturated carbocycles. The highest BCUT2D eigenvalue weighted by Crippen LogP contribution is 2.61. The largest absolute Gasteiger partial charge is 0.300 e. The average Bonchev–Trinajstić information content (AvgIpc) is 2.39. The van der Waals surface area contributed by atoms with Crippen molar-refractivity contribution >= 4 is 5.78 Å². The highest BCUT2D eigenvalue weighted by molar-refractivity contribution is 5.76. The van der Waals surface area contributed by atoms with E-state index in [4.69, 9.17) is 5.26 Å².